The molecule has 2 aromatic carbocycles. The van der Waals surface area contributed by atoms with Gasteiger partial charge >= 0.3 is 0 Å². The summed E-state index contributed by atoms with van der Waals surface area (Å²) in [5, 5.41) is 0.938. The molecular weight excluding hydrogens is 388 g/mol. The van der Waals surface area contributed by atoms with Crippen LogP contribution in [0.4, 0.5) is 5.69 Å². The van der Waals surface area contributed by atoms with E-state index in [0.29, 0.717) is 17.5 Å². The van der Waals surface area contributed by atoms with Gasteiger partial charge in [0, 0.05) is 36.0 Å². The van der Waals surface area contributed by atoms with Gasteiger partial charge in [0.25, 0.3) is 5.56 Å². The number of ketones is 1. The van der Waals surface area contributed by atoms with E-state index in [9.17, 15) is 9.59 Å². The van der Waals surface area contributed by atoms with Gasteiger partial charge in [-0.25, -0.2) is 0 Å². The molecule has 0 saturated carbocycles. The maximum Gasteiger partial charge on any atom is 0.271 e. The van der Waals surface area contributed by atoms with Crippen molar-refractivity contribution in [1.82, 2.24) is 4.57 Å². The van der Waals surface area contributed by atoms with E-state index >= 15 is 0 Å². The number of nitrogens with zero attached hydrogens (tertiary/aromatic N) is 2. The minimum absolute atomic E-state index is 0.0130. The Bertz CT molecular complexity index is 1320. The monoisotopic (exact) mass is 406 g/mol. The summed E-state index contributed by atoms with van der Waals surface area (Å²) in [7, 11) is 1.99. The molecule has 2 heterocycles. The van der Waals surface area contributed by atoms with Crippen molar-refractivity contribution in [2.24, 2.45) is 0 Å². The molecule has 140 valence electrons. The van der Waals surface area contributed by atoms with E-state index in [-0.39, 0.29) is 11.3 Å². The first kappa shape index (κ1) is 17.5. The number of anilines is 1. The number of benzene rings is 2. The second kappa shape index (κ2) is 6.50. The van der Waals surface area contributed by atoms with Gasteiger partial charge < -0.3 is 4.90 Å². The quantitative estimate of drug-likeness (QED) is 0.623. The highest BCUT2D eigenvalue weighted by Crippen LogP contribution is 2.44. The van der Waals surface area contributed by atoms with Gasteiger partial charge in [-0.2, -0.15) is 0 Å². The number of fused-ring (bicyclic) bond motifs is 2. The molecule has 0 radical (unpaired) electrons. The second-order valence-corrected chi connectivity index (χ2v) is 8.89. The third kappa shape index (κ3) is 2.45. The Kier molecular flexibility index (Phi) is 4.07. The lowest BCUT2D eigenvalue weighted by Gasteiger charge is -2.11. The molecule has 0 unspecified atom stereocenters. The van der Waals surface area contributed by atoms with E-state index in [2.05, 4.69) is 17.0 Å². The first-order valence-corrected chi connectivity index (χ1v) is 10.8. The fourth-order valence-corrected chi connectivity index (χ4v) is 6.42. The molecule has 1 aliphatic carbocycles. The van der Waals surface area contributed by atoms with E-state index in [4.69, 9.17) is 0 Å². The Hall–Kier alpha value is -2.57. The van der Waals surface area contributed by atoms with Crippen LogP contribution in [0.1, 0.15) is 22.8 Å². The van der Waals surface area contributed by atoms with Gasteiger partial charge in [0.15, 0.2) is 5.78 Å². The Morgan fingerprint density at radius 2 is 1.79 bits per heavy atom. The zero-order chi connectivity index (χ0) is 19.4. The largest absolute Gasteiger partial charge is 0.337 e. The number of carbonyl (C=O) groups excluding carboxylic acids is 1. The highest BCUT2D eigenvalue weighted by atomic mass is 32.2. The summed E-state index contributed by atoms with van der Waals surface area (Å²) in [4.78, 5) is 29.4. The summed E-state index contributed by atoms with van der Waals surface area (Å²) < 4.78 is 3.25. The molecule has 0 atom stereocenters. The van der Waals surface area contributed by atoms with Crippen LogP contribution in [-0.4, -0.2) is 17.4 Å². The Labute approximate surface area is 170 Å². The summed E-state index contributed by atoms with van der Waals surface area (Å²) in [5.74, 6) is 0.0475. The standard InChI is InChI=1S/C22H18N2O2S2/c1-3-24-20(26)19(22-23(2)16-10-6-7-11-17(16)27-22)28-21(24)15-12-13-8-4-5-9-14(13)18(15)25/h4-11H,3,12H2,1-2H3/b21-15-,22-19+. The zero-order valence-corrected chi connectivity index (χ0v) is 17.2. The average Bonchev–Trinajstić information content (AvgIpc) is 3.34. The SMILES string of the molecule is CCn1c(=O)/c(=C2\Sc3ccccc3N2C)s/c1=C1/Cc2ccccc2C1=O. The molecule has 0 N–H and O–H groups in total. The van der Waals surface area contributed by atoms with Gasteiger partial charge in [-0.1, -0.05) is 48.2 Å². The summed E-state index contributed by atoms with van der Waals surface area (Å²) >= 11 is 3.07. The topological polar surface area (TPSA) is 42.3 Å². The van der Waals surface area contributed by atoms with Crippen LogP contribution in [0.3, 0.4) is 0 Å². The van der Waals surface area contributed by atoms with Crippen molar-refractivity contribution in [2.45, 2.75) is 24.8 Å². The molecule has 1 aromatic heterocycles. The molecule has 0 saturated heterocycles. The molecule has 0 spiro atoms. The maximum atomic E-state index is 13.2. The van der Waals surface area contributed by atoms with Crippen molar-refractivity contribution in [3.05, 3.63) is 79.2 Å². The van der Waals surface area contributed by atoms with Gasteiger partial charge in [-0.05, 0) is 24.6 Å². The van der Waals surface area contributed by atoms with Gasteiger partial charge in [-0.15, -0.1) is 11.3 Å². The van der Waals surface area contributed by atoms with E-state index in [0.717, 1.165) is 37.0 Å². The molecule has 0 fully saturated rings. The summed E-state index contributed by atoms with van der Waals surface area (Å²) in [6.07, 6.45) is 0.590. The van der Waals surface area contributed by atoms with Crippen LogP contribution in [0.2, 0.25) is 0 Å². The highest BCUT2D eigenvalue weighted by Gasteiger charge is 2.28. The zero-order valence-electron chi connectivity index (χ0n) is 15.6. The molecule has 6 heteroatoms. The Morgan fingerprint density at radius 3 is 2.54 bits per heavy atom. The number of hydrogen-bond acceptors (Lipinski definition) is 5. The van der Waals surface area contributed by atoms with Crippen molar-refractivity contribution in [2.75, 3.05) is 11.9 Å². The van der Waals surface area contributed by atoms with E-state index < -0.39 is 0 Å². The third-order valence-electron chi connectivity index (χ3n) is 5.29. The van der Waals surface area contributed by atoms with Crippen LogP contribution >= 0.6 is 23.1 Å². The fraction of sp³-hybridized carbons (Fsp3) is 0.182. The van der Waals surface area contributed by atoms with Crippen molar-refractivity contribution in [1.29, 1.82) is 0 Å². The van der Waals surface area contributed by atoms with Gasteiger partial charge in [-0.3, -0.25) is 14.2 Å². The molecule has 1 aliphatic heterocycles. The third-order valence-corrected chi connectivity index (χ3v) is 7.89. The number of thioether (sulfide) groups is 1. The van der Waals surface area contributed by atoms with Crippen LogP contribution in [0.15, 0.2) is 58.2 Å². The number of thiazole rings is 1. The first-order valence-electron chi connectivity index (χ1n) is 9.20. The van der Waals surface area contributed by atoms with E-state index in [1.807, 2.05) is 50.4 Å². The van der Waals surface area contributed by atoms with Gasteiger partial charge in [0.05, 0.1) is 5.69 Å². The molecule has 3 aromatic rings. The van der Waals surface area contributed by atoms with Crippen molar-refractivity contribution in [3.63, 3.8) is 0 Å². The van der Waals surface area contributed by atoms with Gasteiger partial charge in [0.2, 0.25) is 0 Å². The minimum Gasteiger partial charge on any atom is -0.337 e. The molecule has 2 aliphatic rings. The lowest BCUT2D eigenvalue weighted by Crippen LogP contribution is -2.34. The number of para-hydroxylation sites is 1. The highest BCUT2D eigenvalue weighted by molar-refractivity contribution is 8.08. The van der Waals surface area contributed by atoms with E-state index in [1.165, 1.54) is 11.3 Å². The Balaban J connectivity index is 1.77. The summed E-state index contributed by atoms with van der Waals surface area (Å²) in [5.41, 5.74) is 3.63. The van der Waals surface area contributed by atoms with Crippen LogP contribution < -0.4 is 19.7 Å². The number of Topliss-reactive ketones (excluding diaryl/α,β-unsaturated/α-hetero) is 1. The minimum atomic E-state index is -0.0130. The van der Waals surface area contributed by atoms with E-state index in [1.54, 1.807) is 16.3 Å². The molecule has 4 nitrogen and oxygen atoms in total. The predicted molar refractivity (Wildman–Crippen MR) is 115 cm³/mol. The summed E-state index contributed by atoms with van der Waals surface area (Å²) in [6, 6.07) is 15.9. The molecular formula is C22H18N2O2S2. The molecule has 0 bridgehead atoms. The van der Waals surface area contributed by atoms with Crippen molar-refractivity contribution < 1.29 is 4.79 Å². The molecule has 0 amide bonds. The first-order chi connectivity index (χ1) is 13.6. The number of hydrogen-bond donors (Lipinski definition) is 0. The van der Waals surface area contributed by atoms with Crippen LogP contribution in [0.5, 0.6) is 0 Å². The number of aromatic nitrogens is 1. The van der Waals surface area contributed by atoms with Crippen molar-refractivity contribution >= 4 is 45.2 Å². The lowest BCUT2D eigenvalue weighted by atomic mass is 10.1. The van der Waals surface area contributed by atoms with Crippen LogP contribution in [-0.2, 0) is 13.0 Å². The fourth-order valence-electron chi connectivity index (χ4n) is 3.86. The summed E-state index contributed by atoms with van der Waals surface area (Å²) in [6.45, 7) is 2.51. The number of carbonyl (C=O) groups is 1. The van der Waals surface area contributed by atoms with Gasteiger partial charge in [0.1, 0.15) is 14.2 Å². The molecule has 5 rings (SSSR count). The van der Waals surface area contributed by atoms with Crippen LogP contribution in [0.25, 0.3) is 10.6 Å². The maximum absolute atomic E-state index is 13.2. The average molecular weight is 407 g/mol. The number of rotatable bonds is 1. The normalized spacial score (nSPS) is 19.2. The molecule has 28 heavy (non-hydrogen) atoms. The lowest BCUT2D eigenvalue weighted by molar-refractivity contribution is 0.105. The Morgan fingerprint density at radius 1 is 1.04 bits per heavy atom. The van der Waals surface area contributed by atoms with Crippen molar-refractivity contribution in [3.8, 4) is 0 Å². The van der Waals surface area contributed by atoms with Crippen LogP contribution in [0, 0.1) is 0 Å². The predicted octanol–water partition coefficient (Wildman–Crippen LogP) is 2.83. The second-order valence-electron chi connectivity index (χ2n) is 6.86. The smallest absolute Gasteiger partial charge is 0.271 e.